The van der Waals surface area contributed by atoms with Gasteiger partial charge in [-0.1, -0.05) is 50.2 Å². The lowest BCUT2D eigenvalue weighted by molar-refractivity contribution is -0.140. The molecule has 2 aromatic rings. The normalized spacial score (nSPS) is 15.4. The second kappa shape index (κ2) is 10.4. The first-order chi connectivity index (χ1) is 15.2. The Morgan fingerprint density at radius 2 is 1.62 bits per heavy atom. The first-order valence-electron chi connectivity index (χ1n) is 11.3. The standard InChI is InChI=1S/C26H33N3O3/c1-17(2)13-25(31)29-16-21-8-6-5-7-20(21)15-23(29)26(32)28-22-11-9-19(10-12-22)14-24(30)27-18(3)4/h5-12,17-18,23H,13-16H2,1-4H3,(H,27,30)(H,28,32). The largest absolute Gasteiger partial charge is 0.354 e. The molecule has 2 N–H and O–H groups in total. The minimum absolute atomic E-state index is 0.00108. The van der Waals surface area contributed by atoms with Gasteiger partial charge in [0.2, 0.25) is 17.7 Å². The monoisotopic (exact) mass is 435 g/mol. The molecule has 1 heterocycles. The Morgan fingerprint density at radius 1 is 0.969 bits per heavy atom. The highest BCUT2D eigenvalue weighted by atomic mass is 16.2. The minimum Gasteiger partial charge on any atom is -0.354 e. The maximum Gasteiger partial charge on any atom is 0.247 e. The molecule has 0 bridgehead atoms. The van der Waals surface area contributed by atoms with Gasteiger partial charge in [0.1, 0.15) is 6.04 Å². The van der Waals surface area contributed by atoms with Gasteiger partial charge in [0, 0.05) is 31.1 Å². The van der Waals surface area contributed by atoms with Crippen LogP contribution in [0.15, 0.2) is 48.5 Å². The van der Waals surface area contributed by atoms with E-state index in [0.29, 0.717) is 31.5 Å². The summed E-state index contributed by atoms with van der Waals surface area (Å²) in [6, 6.07) is 14.8. The van der Waals surface area contributed by atoms with Gasteiger partial charge in [-0.05, 0) is 48.6 Å². The van der Waals surface area contributed by atoms with Crippen LogP contribution < -0.4 is 10.6 Å². The number of amides is 3. The predicted molar refractivity (Wildman–Crippen MR) is 126 cm³/mol. The second-order valence-electron chi connectivity index (χ2n) is 9.19. The van der Waals surface area contributed by atoms with Crippen LogP contribution in [0.2, 0.25) is 0 Å². The third-order valence-electron chi connectivity index (χ3n) is 5.49. The topological polar surface area (TPSA) is 78.5 Å². The van der Waals surface area contributed by atoms with Crippen molar-refractivity contribution in [3.05, 3.63) is 65.2 Å². The molecule has 0 radical (unpaired) electrons. The Morgan fingerprint density at radius 3 is 2.25 bits per heavy atom. The number of carbonyl (C=O) groups is 3. The fraction of sp³-hybridized carbons (Fsp3) is 0.423. The summed E-state index contributed by atoms with van der Waals surface area (Å²) in [6.07, 6.45) is 1.21. The van der Waals surface area contributed by atoms with Crippen LogP contribution in [-0.2, 0) is 33.8 Å². The molecule has 0 saturated heterocycles. The molecular weight excluding hydrogens is 402 g/mol. The van der Waals surface area contributed by atoms with E-state index in [1.807, 2.05) is 64.1 Å². The summed E-state index contributed by atoms with van der Waals surface area (Å²) < 4.78 is 0. The van der Waals surface area contributed by atoms with Crippen LogP contribution in [0.3, 0.4) is 0 Å². The van der Waals surface area contributed by atoms with Crippen LogP contribution in [0.1, 0.15) is 50.8 Å². The van der Waals surface area contributed by atoms with Crippen LogP contribution >= 0.6 is 0 Å². The number of nitrogens with one attached hydrogen (secondary N) is 2. The molecule has 170 valence electrons. The van der Waals surface area contributed by atoms with Crippen LogP contribution in [0, 0.1) is 5.92 Å². The summed E-state index contributed by atoms with van der Waals surface area (Å²) in [5, 5.41) is 5.83. The fourth-order valence-corrected chi connectivity index (χ4v) is 3.98. The molecule has 2 aromatic carbocycles. The van der Waals surface area contributed by atoms with Crippen molar-refractivity contribution in [3.63, 3.8) is 0 Å². The third-order valence-corrected chi connectivity index (χ3v) is 5.49. The van der Waals surface area contributed by atoms with Gasteiger partial charge in [0.05, 0.1) is 6.42 Å². The van der Waals surface area contributed by atoms with Gasteiger partial charge in [0.15, 0.2) is 0 Å². The Bertz CT molecular complexity index is 967. The van der Waals surface area contributed by atoms with Gasteiger partial charge in [-0.15, -0.1) is 0 Å². The lowest BCUT2D eigenvalue weighted by Crippen LogP contribution is -2.50. The summed E-state index contributed by atoms with van der Waals surface area (Å²) in [5.74, 6) is 0.00357. The van der Waals surface area contributed by atoms with Crippen LogP contribution in [0.5, 0.6) is 0 Å². The van der Waals surface area contributed by atoms with Crippen molar-refractivity contribution in [2.75, 3.05) is 5.32 Å². The van der Waals surface area contributed by atoms with Crippen LogP contribution in [0.4, 0.5) is 5.69 Å². The molecule has 1 aliphatic rings. The van der Waals surface area contributed by atoms with Gasteiger partial charge in [-0.25, -0.2) is 0 Å². The van der Waals surface area contributed by atoms with Gasteiger partial charge >= 0.3 is 0 Å². The Kier molecular flexibility index (Phi) is 7.67. The van der Waals surface area contributed by atoms with Crippen LogP contribution in [-0.4, -0.2) is 34.7 Å². The molecule has 3 amide bonds. The zero-order valence-corrected chi connectivity index (χ0v) is 19.4. The summed E-state index contributed by atoms with van der Waals surface area (Å²) in [5.41, 5.74) is 3.73. The van der Waals surface area contributed by atoms with E-state index in [0.717, 1.165) is 16.7 Å². The molecular formula is C26H33N3O3. The Balaban J connectivity index is 1.71. The van der Waals surface area contributed by atoms with Crippen molar-refractivity contribution in [2.45, 2.75) is 65.6 Å². The Hall–Kier alpha value is -3.15. The zero-order chi connectivity index (χ0) is 23.3. The van der Waals surface area contributed by atoms with Crippen molar-refractivity contribution >= 4 is 23.4 Å². The zero-order valence-electron chi connectivity index (χ0n) is 19.4. The number of anilines is 1. The van der Waals surface area contributed by atoms with E-state index in [2.05, 4.69) is 10.6 Å². The van der Waals surface area contributed by atoms with Crippen molar-refractivity contribution in [2.24, 2.45) is 5.92 Å². The van der Waals surface area contributed by atoms with Crippen molar-refractivity contribution in [3.8, 4) is 0 Å². The van der Waals surface area contributed by atoms with Gasteiger partial charge in [-0.3, -0.25) is 14.4 Å². The molecule has 1 unspecified atom stereocenters. The molecule has 32 heavy (non-hydrogen) atoms. The summed E-state index contributed by atoms with van der Waals surface area (Å²) in [6.45, 7) is 8.32. The maximum atomic E-state index is 13.2. The van der Waals surface area contributed by atoms with E-state index in [-0.39, 0.29) is 29.7 Å². The molecule has 6 nitrogen and oxygen atoms in total. The van der Waals surface area contributed by atoms with E-state index in [1.54, 1.807) is 17.0 Å². The maximum absolute atomic E-state index is 13.2. The second-order valence-corrected chi connectivity index (χ2v) is 9.19. The fourth-order valence-electron chi connectivity index (χ4n) is 3.98. The molecule has 1 atom stereocenters. The lowest BCUT2D eigenvalue weighted by atomic mass is 9.92. The summed E-state index contributed by atoms with van der Waals surface area (Å²) in [4.78, 5) is 39.8. The number of fused-ring (bicyclic) bond motifs is 1. The molecule has 0 fully saturated rings. The number of carbonyl (C=O) groups excluding carboxylic acids is 3. The van der Waals surface area contributed by atoms with Crippen molar-refractivity contribution in [1.82, 2.24) is 10.2 Å². The van der Waals surface area contributed by atoms with E-state index >= 15 is 0 Å². The highest BCUT2D eigenvalue weighted by molar-refractivity contribution is 5.97. The number of hydrogen-bond acceptors (Lipinski definition) is 3. The molecule has 0 spiro atoms. The smallest absolute Gasteiger partial charge is 0.247 e. The number of hydrogen-bond donors (Lipinski definition) is 2. The predicted octanol–water partition coefficient (Wildman–Crippen LogP) is 3.69. The highest BCUT2D eigenvalue weighted by Gasteiger charge is 2.34. The first-order valence-corrected chi connectivity index (χ1v) is 11.3. The SMILES string of the molecule is CC(C)CC(=O)N1Cc2ccccc2CC1C(=O)Nc1ccc(CC(=O)NC(C)C)cc1. The van der Waals surface area contributed by atoms with E-state index in [9.17, 15) is 14.4 Å². The number of rotatable bonds is 7. The van der Waals surface area contributed by atoms with E-state index < -0.39 is 6.04 Å². The molecule has 0 aliphatic carbocycles. The Labute approximate surface area is 190 Å². The lowest BCUT2D eigenvalue weighted by Gasteiger charge is -2.36. The van der Waals surface area contributed by atoms with Crippen molar-refractivity contribution in [1.29, 1.82) is 0 Å². The number of benzene rings is 2. The molecule has 6 heteroatoms. The average Bonchev–Trinajstić information content (AvgIpc) is 2.73. The molecule has 1 aliphatic heterocycles. The molecule has 0 saturated carbocycles. The summed E-state index contributed by atoms with van der Waals surface area (Å²) in [7, 11) is 0. The van der Waals surface area contributed by atoms with E-state index in [4.69, 9.17) is 0 Å². The van der Waals surface area contributed by atoms with Crippen molar-refractivity contribution < 1.29 is 14.4 Å². The molecule has 0 aromatic heterocycles. The number of nitrogens with zero attached hydrogens (tertiary/aromatic N) is 1. The van der Waals surface area contributed by atoms with Gasteiger partial charge < -0.3 is 15.5 Å². The van der Waals surface area contributed by atoms with Gasteiger partial charge in [0.25, 0.3) is 0 Å². The first kappa shape index (κ1) is 23.5. The quantitative estimate of drug-likeness (QED) is 0.696. The third kappa shape index (κ3) is 6.19. The van der Waals surface area contributed by atoms with Gasteiger partial charge in [-0.2, -0.15) is 0 Å². The summed E-state index contributed by atoms with van der Waals surface area (Å²) >= 11 is 0. The van der Waals surface area contributed by atoms with E-state index in [1.165, 1.54) is 0 Å². The highest BCUT2D eigenvalue weighted by Crippen LogP contribution is 2.26. The van der Waals surface area contributed by atoms with Crippen LogP contribution in [0.25, 0.3) is 0 Å². The average molecular weight is 436 g/mol. The molecule has 3 rings (SSSR count). The minimum atomic E-state index is -0.548.